The number of carbonyl (C=O) groups excluding carboxylic acids is 1. The molecule has 2 N–H and O–H groups in total. The zero-order chi connectivity index (χ0) is 14.8. The molecule has 1 heterocycles. The van der Waals surface area contributed by atoms with E-state index in [1.807, 2.05) is 12.1 Å². The van der Waals surface area contributed by atoms with E-state index in [-0.39, 0.29) is 24.5 Å². The molecule has 1 atom stereocenters. The lowest BCUT2D eigenvalue weighted by atomic mass is 10.1. The average molecular weight is 288 g/mol. The Morgan fingerprint density at radius 1 is 1.24 bits per heavy atom. The minimum atomic E-state index is -0.840. The van der Waals surface area contributed by atoms with Crippen LogP contribution < -0.4 is 5.32 Å². The molecule has 0 radical (unpaired) electrons. The molecule has 0 spiro atoms. The van der Waals surface area contributed by atoms with Gasteiger partial charge in [-0.3, -0.25) is 4.79 Å². The molecule has 2 aliphatic rings. The summed E-state index contributed by atoms with van der Waals surface area (Å²) in [7, 11) is 0. The van der Waals surface area contributed by atoms with Crippen molar-refractivity contribution in [2.45, 2.75) is 44.2 Å². The molecule has 0 saturated carbocycles. The number of hydrogen-bond donors (Lipinski definition) is 2. The Hall–Kier alpha value is -2.04. The van der Waals surface area contributed by atoms with Gasteiger partial charge in [-0.25, -0.2) is 4.79 Å². The Morgan fingerprint density at radius 3 is 2.52 bits per heavy atom. The molecule has 1 aliphatic heterocycles. The first kappa shape index (κ1) is 13.9. The van der Waals surface area contributed by atoms with Crippen LogP contribution in [0.1, 0.15) is 30.4 Å². The van der Waals surface area contributed by atoms with Crippen LogP contribution in [0, 0.1) is 0 Å². The number of amides is 2. The standard InChI is InChI=1S/C16H20N2O3/c19-15(20)10-14-6-3-7-18(14)16(21)17-13-8-11-4-1-2-5-12(11)9-13/h1-2,4-5,13-14H,3,6-10H2,(H,17,21)(H,19,20). The van der Waals surface area contributed by atoms with E-state index in [9.17, 15) is 9.59 Å². The van der Waals surface area contributed by atoms with Gasteiger partial charge in [0.2, 0.25) is 0 Å². The van der Waals surface area contributed by atoms with E-state index in [0.29, 0.717) is 6.54 Å². The summed E-state index contributed by atoms with van der Waals surface area (Å²) in [6.07, 6.45) is 3.43. The lowest BCUT2D eigenvalue weighted by molar-refractivity contribution is -0.137. The maximum Gasteiger partial charge on any atom is 0.317 e. The number of likely N-dealkylation sites (tertiary alicyclic amines) is 1. The van der Waals surface area contributed by atoms with Crippen molar-refractivity contribution >= 4 is 12.0 Å². The molecule has 5 nitrogen and oxygen atoms in total. The van der Waals surface area contributed by atoms with Gasteiger partial charge in [0, 0.05) is 18.6 Å². The molecule has 1 fully saturated rings. The van der Waals surface area contributed by atoms with Gasteiger partial charge in [0.05, 0.1) is 6.42 Å². The van der Waals surface area contributed by atoms with Crippen molar-refractivity contribution in [1.29, 1.82) is 0 Å². The summed E-state index contributed by atoms with van der Waals surface area (Å²) in [4.78, 5) is 24.9. The third kappa shape index (κ3) is 3.01. The van der Waals surface area contributed by atoms with E-state index in [1.165, 1.54) is 11.1 Å². The molecule has 3 rings (SSSR count). The van der Waals surface area contributed by atoms with Crippen molar-refractivity contribution in [3.05, 3.63) is 35.4 Å². The summed E-state index contributed by atoms with van der Waals surface area (Å²) >= 11 is 0. The fraction of sp³-hybridized carbons (Fsp3) is 0.500. The number of nitrogens with one attached hydrogen (secondary N) is 1. The van der Waals surface area contributed by atoms with Gasteiger partial charge in [0.25, 0.3) is 0 Å². The largest absolute Gasteiger partial charge is 0.481 e. The van der Waals surface area contributed by atoms with Crippen LogP contribution in [0.25, 0.3) is 0 Å². The predicted octanol–water partition coefficient (Wildman–Crippen LogP) is 1.80. The Labute approximate surface area is 123 Å². The first-order chi connectivity index (χ1) is 10.1. The molecular weight excluding hydrogens is 268 g/mol. The molecule has 5 heteroatoms. The molecule has 0 aromatic heterocycles. The maximum atomic E-state index is 12.4. The number of aliphatic carboxylic acids is 1. The molecule has 0 bridgehead atoms. The van der Waals surface area contributed by atoms with E-state index in [0.717, 1.165) is 25.7 Å². The number of urea groups is 1. The third-order valence-electron chi connectivity index (χ3n) is 4.43. The van der Waals surface area contributed by atoms with E-state index in [2.05, 4.69) is 17.4 Å². The Balaban J connectivity index is 1.59. The number of carboxylic acid groups (broad SMARTS) is 1. The van der Waals surface area contributed by atoms with Crippen LogP contribution in [0.5, 0.6) is 0 Å². The molecule has 112 valence electrons. The summed E-state index contributed by atoms with van der Waals surface area (Å²) in [6.45, 7) is 0.656. The molecule has 1 aromatic carbocycles. The van der Waals surface area contributed by atoms with Crippen LogP contribution in [0.3, 0.4) is 0 Å². The fourth-order valence-corrected chi connectivity index (χ4v) is 3.44. The molecule has 1 saturated heterocycles. The third-order valence-corrected chi connectivity index (χ3v) is 4.43. The second-order valence-electron chi connectivity index (χ2n) is 5.91. The number of carboxylic acids is 1. The summed E-state index contributed by atoms with van der Waals surface area (Å²) in [5, 5.41) is 12.0. The summed E-state index contributed by atoms with van der Waals surface area (Å²) in [5.41, 5.74) is 2.60. The average Bonchev–Trinajstić information content (AvgIpc) is 3.03. The summed E-state index contributed by atoms with van der Waals surface area (Å²) in [5.74, 6) is -0.840. The van der Waals surface area contributed by atoms with Crippen LogP contribution >= 0.6 is 0 Å². The van der Waals surface area contributed by atoms with Gasteiger partial charge in [-0.05, 0) is 36.8 Å². The van der Waals surface area contributed by atoms with Gasteiger partial charge in [-0.15, -0.1) is 0 Å². The lowest BCUT2D eigenvalue weighted by Crippen LogP contribution is -2.47. The van der Waals surface area contributed by atoms with Gasteiger partial charge in [0.15, 0.2) is 0 Å². The molecule has 1 aliphatic carbocycles. The van der Waals surface area contributed by atoms with E-state index in [1.54, 1.807) is 4.90 Å². The zero-order valence-electron chi connectivity index (χ0n) is 11.9. The Kier molecular flexibility index (Phi) is 3.82. The number of benzene rings is 1. The Morgan fingerprint density at radius 2 is 1.90 bits per heavy atom. The van der Waals surface area contributed by atoms with Crippen LogP contribution in [-0.4, -0.2) is 40.6 Å². The number of rotatable bonds is 3. The smallest absolute Gasteiger partial charge is 0.317 e. The van der Waals surface area contributed by atoms with Crippen molar-refractivity contribution in [2.24, 2.45) is 0 Å². The van der Waals surface area contributed by atoms with Crippen molar-refractivity contribution in [2.75, 3.05) is 6.54 Å². The quantitative estimate of drug-likeness (QED) is 0.891. The number of nitrogens with zero attached hydrogens (tertiary/aromatic N) is 1. The highest BCUT2D eigenvalue weighted by Crippen LogP contribution is 2.24. The summed E-state index contributed by atoms with van der Waals surface area (Å²) in [6, 6.07) is 8.09. The van der Waals surface area contributed by atoms with Gasteiger partial charge < -0.3 is 15.3 Å². The Bertz CT molecular complexity index is 533. The van der Waals surface area contributed by atoms with Crippen molar-refractivity contribution in [3.8, 4) is 0 Å². The zero-order valence-corrected chi connectivity index (χ0v) is 11.9. The van der Waals surface area contributed by atoms with Gasteiger partial charge in [0.1, 0.15) is 0 Å². The van der Waals surface area contributed by atoms with Crippen molar-refractivity contribution < 1.29 is 14.7 Å². The first-order valence-corrected chi connectivity index (χ1v) is 7.49. The summed E-state index contributed by atoms with van der Waals surface area (Å²) < 4.78 is 0. The molecule has 21 heavy (non-hydrogen) atoms. The number of fused-ring (bicyclic) bond motifs is 1. The topological polar surface area (TPSA) is 69.6 Å². The van der Waals surface area contributed by atoms with Gasteiger partial charge >= 0.3 is 12.0 Å². The molecule has 2 amide bonds. The minimum Gasteiger partial charge on any atom is -0.481 e. The predicted molar refractivity (Wildman–Crippen MR) is 78.2 cm³/mol. The van der Waals surface area contributed by atoms with Crippen molar-refractivity contribution in [3.63, 3.8) is 0 Å². The fourth-order valence-electron chi connectivity index (χ4n) is 3.44. The molecular formula is C16H20N2O3. The normalized spacial score (nSPS) is 21.3. The SMILES string of the molecule is O=C(O)CC1CCCN1C(=O)NC1Cc2ccccc2C1. The monoisotopic (exact) mass is 288 g/mol. The molecule has 1 unspecified atom stereocenters. The van der Waals surface area contributed by atoms with Gasteiger partial charge in [-0.2, -0.15) is 0 Å². The molecule has 1 aromatic rings. The lowest BCUT2D eigenvalue weighted by Gasteiger charge is -2.25. The van der Waals surface area contributed by atoms with Crippen LogP contribution in [0.4, 0.5) is 4.79 Å². The minimum absolute atomic E-state index is 0.0400. The van der Waals surface area contributed by atoms with Crippen LogP contribution in [0.15, 0.2) is 24.3 Å². The number of hydrogen-bond acceptors (Lipinski definition) is 2. The highest BCUT2D eigenvalue weighted by molar-refractivity contribution is 5.77. The van der Waals surface area contributed by atoms with Crippen LogP contribution in [0.2, 0.25) is 0 Å². The van der Waals surface area contributed by atoms with E-state index < -0.39 is 5.97 Å². The second kappa shape index (κ2) is 5.76. The number of carbonyl (C=O) groups is 2. The van der Waals surface area contributed by atoms with E-state index in [4.69, 9.17) is 5.11 Å². The maximum absolute atomic E-state index is 12.4. The van der Waals surface area contributed by atoms with Gasteiger partial charge in [-0.1, -0.05) is 24.3 Å². The highest BCUT2D eigenvalue weighted by atomic mass is 16.4. The van der Waals surface area contributed by atoms with E-state index >= 15 is 0 Å². The van der Waals surface area contributed by atoms with Crippen LogP contribution in [-0.2, 0) is 17.6 Å². The first-order valence-electron chi connectivity index (χ1n) is 7.49. The highest BCUT2D eigenvalue weighted by Gasteiger charge is 2.32. The van der Waals surface area contributed by atoms with Crippen molar-refractivity contribution in [1.82, 2.24) is 10.2 Å². The second-order valence-corrected chi connectivity index (χ2v) is 5.91.